The molecule has 0 aliphatic carbocycles. The standard InChI is InChI=1S/C17H26O2/c1-4-6-8-15-9-11-16(12-10-15)17(18)19-13-14(3)7-5-2/h9-12,14H,4-8,13H2,1-3H3. The lowest BCUT2D eigenvalue weighted by Crippen LogP contribution is -2.12. The Balaban J connectivity index is 2.44. The van der Waals surface area contributed by atoms with E-state index < -0.39 is 0 Å². The fourth-order valence-corrected chi connectivity index (χ4v) is 2.07. The van der Waals surface area contributed by atoms with Gasteiger partial charge in [0.05, 0.1) is 12.2 Å². The first kappa shape index (κ1) is 15.7. The summed E-state index contributed by atoms with van der Waals surface area (Å²) in [5.74, 6) is 0.239. The number of carbonyl (C=O) groups excluding carboxylic acids is 1. The van der Waals surface area contributed by atoms with Gasteiger partial charge in [0.1, 0.15) is 0 Å². The smallest absolute Gasteiger partial charge is 0.338 e. The maximum absolute atomic E-state index is 11.9. The van der Waals surface area contributed by atoms with Gasteiger partial charge in [-0.15, -0.1) is 0 Å². The van der Waals surface area contributed by atoms with Crippen LogP contribution in [0.5, 0.6) is 0 Å². The summed E-state index contributed by atoms with van der Waals surface area (Å²) < 4.78 is 5.32. The Morgan fingerprint density at radius 3 is 2.42 bits per heavy atom. The molecule has 0 aromatic heterocycles. The first-order valence-electron chi connectivity index (χ1n) is 7.43. The number of benzene rings is 1. The van der Waals surface area contributed by atoms with Crippen LogP contribution in [0, 0.1) is 5.92 Å². The fourth-order valence-electron chi connectivity index (χ4n) is 2.07. The van der Waals surface area contributed by atoms with Gasteiger partial charge >= 0.3 is 5.97 Å². The lowest BCUT2D eigenvalue weighted by atomic mass is 10.1. The van der Waals surface area contributed by atoms with Crippen LogP contribution in [0.1, 0.15) is 62.4 Å². The topological polar surface area (TPSA) is 26.3 Å². The van der Waals surface area contributed by atoms with E-state index in [1.54, 1.807) is 0 Å². The number of aryl methyl sites for hydroxylation is 1. The third kappa shape index (κ3) is 5.91. The molecule has 0 amide bonds. The van der Waals surface area contributed by atoms with Crippen molar-refractivity contribution in [3.05, 3.63) is 35.4 Å². The maximum atomic E-state index is 11.9. The Labute approximate surface area is 117 Å². The average Bonchev–Trinajstić information content (AvgIpc) is 2.43. The van der Waals surface area contributed by atoms with E-state index in [9.17, 15) is 4.79 Å². The molecule has 0 heterocycles. The SMILES string of the molecule is CCCCc1ccc(C(=O)OCC(C)CCC)cc1. The summed E-state index contributed by atoms with van der Waals surface area (Å²) in [6.45, 7) is 6.96. The zero-order valence-corrected chi connectivity index (χ0v) is 12.4. The number of rotatable bonds is 8. The number of hydrogen-bond acceptors (Lipinski definition) is 2. The Bertz CT molecular complexity index is 367. The summed E-state index contributed by atoms with van der Waals surface area (Å²) in [7, 11) is 0. The Morgan fingerprint density at radius 2 is 1.84 bits per heavy atom. The van der Waals surface area contributed by atoms with E-state index in [0.717, 1.165) is 19.3 Å². The molecule has 1 unspecified atom stereocenters. The van der Waals surface area contributed by atoms with Gasteiger partial charge in [-0.2, -0.15) is 0 Å². The molecule has 0 bridgehead atoms. The third-order valence-corrected chi connectivity index (χ3v) is 3.29. The van der Waals surface area contributed by atoms with E-state index >= 15 is 0 Å². The summed E-state index contributed by atoms with van der Waals surface area (Å²) in [4.78, 5) is 11.9. The quantitative estimate of drug-likeness (QED) is 0.639. The van der Waals surface area contributed by atoms with Crippen LogP contribution in [0.15, 0.2) is 24.3 Å². The number of unbranched alkanes of at least 4 members (excludes halogenated alkanes) is 1. The van der Waals surface area contributed by atoms with Gasteiger partial charge < -0.3 is 4.74 Å². The van der Waals surface area contributed by atoms with Crippen LogP contribution in [0.3, 0.4) is 0 Å². The molecular formula is C17H26O2. The predicted molar refractivity (Wildman–Crippen MR) is 79.4 cm³/mol. The van der Waals surface area contributed by atoms with Gasteiger partial charge in [0.25, 0.3) is 0 Å². The predicted octanol–water partition coefficient (Wildman–Crippen LogP) is 4.62. The molecule has 0 N–H and O–H groups in total. The molecule has 2 nitrogen and oxygen atoms in total. The number of carbonyl (C=O) groups is 1. The summed E-state index contributed by atoms with van der Waals surface area (Å²) in [6.07, 6.45) is 5.70. The molecule has 0 aliphatic heterocycles. The molecule has 0 spiro atoms. The first-order valence-corrected chi connectivity index (χ1v) is 7.43. The summed E-state index contributed by atoms with van der Waals surface area (Å²) >= 11 is 0. The number of esters is 1. The molecule has 0 aliphatic rings. The van der Waals surface area contributed by atoms with Gasteiger partial charge in [-0.3, -0.25) is 0 Å². The normalized spacial score (nSPS) is 12.2. The number of hydrogen-bond donors (Lipinski definition) is 0. The van der Waals surface area contributed by atoms with Gasteiger partial charge in [-0.05, 0) is 42.9 Å². The zero-order valence-electron chi connectivity index (χ0n) is 12.4. The van der Waals surface area contributed by atoms with E-state index in [2.05, 4.69) is 20.8 Å². The Morgan fingerprint density at radius 1 is 1.16 bits per heavy atom. The second-order valence-electron chi connectivity index (χ2n) is 5.29. The van der Waals surface area contributed by atoms with Crippen molar-refractivity contribution in [2.75, 3.05) is 6.61 Å². The molecular weight excluding hydrogens is 236 g/mol. The van der Waals surface area contributed by atoms with E-state index in [-0.39, 0.29) is 5.97 Å². The second kappa shape index (κ2) is 8.73. The minimum atomic E-state index is -0.204. The summed E-state index contributed by atoms with van der Waals surface area (Å²) in [6, 6.07) is 7.80. The van der Waals surface area contributed by atoms with Crippen LogP contribution in [0.4, 0.5) is 0 Å². The van der Waals surface area contributed by atoms with Gasteiger partial charge in [0.2, 0.25) is 0 Å². The largest absolute Gasteiger partial charge is 0.462 e. The molecule has 0 saturated carbocycles. The fraction of sp³-hybridized carbons (Fsp3) is 0.588. The molecule has 1 rings (SSSR count). The molecule has 0 fully saturated rings. The highest BCUT2D eigenvalue weighted by Gasteiger charge is 2.09. The van der Waals surface area contributed by atoms with Crippen molar-refractivity contribution >= 4 is 5.97 Å². The molecule has 106 valence electrons. The molecule has 0 radical (unpaired) electrons. The molecule has 2 heteroatoms. The highest BCUT2D eigenvalue weighted by Crippen LogP contribution is 2.11. The molecule has 1 aromatic rings. The molecule has 1 aromatic carbocycles. The Kier molecular flexibility index (Phi) is 7.24. The third-order valence-electron chi connectivity index (χ3n) is 3.29. The van der Waals surface area contributed by atoms with Crippen molar-refractivity contribution in [3.8, 4) is 0 Å². The lowest BCUT2D eigenvalue weighted by molar-refractivity contribution is 0.0443. The molecule has 19 heavy (non-hydrogen) atoms. The number of ether oxygens (including phenoxy) is 1. The monoisotopic (exact) mass is 262 g/mol. The zero-order chi connectivity index (χ0) is 14.1. The van der Waals surface area contributed by atoms with Crippen molar-refractivity contribution in [1.82, 2.24) is 0 Å². The van der Waals surface area contributed by atoms with Crippen LogP contribution in [-0.2, 0) is 11.2 Å². The van der Waals surface area contributed by atoms with Crippen molar-refractivity contribution < 1.29 is 9.53 Å². The van der Waals surface area contributed by atoms with Crippen molar-refractivity contribution in [2.45, 2.75) is 52.9 Å². The minimum Gasteiger partial charge on any atom is -0.462 e. The van der Waals surface area contributed by atoms with Crippen LogP contribution >= 0.6 is 0 Å². The second-order valence-corrected chi connectivity index (χ2v) is 5.29. The van der Waals surface area contributed by atoms with Crippen molar-refractivity contribution in [1.29, 1.82) is 0 Å². The van der Waals surface area contributed by atoms with Gasteiger partial charge in [0.15, 0.2) is 0 Å². The van der Waals surface area contributed by atoms with Crippen LogP contribution in [-0.4, -0.2) is 12.6 Å². The summed E-state index contributed by atoms with van der Waals surface area (Å²) in [5, 5.41) is 0. The van der Waals surface area contributed by atoms with Gasteiger partial charge in [-0.1, -0.05) is 45.7 Å². The van der Waals surface area contributed by atoms with Gasteiger partial charge in [0, 0.05) is 0 Å². The molecule has 1 atom stereocenters. The van der Waals surface area contributed by atoms with E-state index in [1.165, 1.54) is 18.4 Å². The summed E-state index contributed by atoms with van der Waals surface area (Å²) in [5.41, 5.74) is 1.95. The van der Waals surface area contributed by atoms with Crippen LogP contribution < -0.4 is 0 Å². The average molecular weight is 262 g/mol. The molecule has 0 saturated heterocycles. The van der Waals surface area contributed by atoms with Crippen LogP contribution in [0.2, 0.25) is 0 Å². The highest BCUT2D eigenvalue weighted by molar-refractivity contribution is 5.89. The lowest BCUT2D eigenvalue weighted by Gasteiger charge is -2.11. The van der Waals surface area contributed by atoms with Crippen LogP contribution in [0.25, 0.3) is 0 Å². The first-order chi connectivity index (χ1) is 9.17. The van der Waals surface area contributed by atoms with E-state index in [1.807, 2.05) is 24.3 Å². The van der Waals surface area contributed by atoms with E-state index in [0.29, 0.717) is 18.1 Å². The highest BCUT2D eigenvalue weighted by atomic mass is 16.5. The van der Waals surface area contributed by atoms with Gasteiger partial charge in [-0.25, -0.2) is 4.79 Å². The maximum Gasteiger partial charge on any atom is 0.338 e. The minimum absolute atomic E-state index is 0.204. The van der Waals surface area contributed by atoms with Crippen molar-refractivity contribution in [2.24, 2.45) is 5.92 Å². The van der Waals surface area contributed by atoms with Crippen molar-refractivity contribution in [3.63, 3.8) is 0 Å². The Hall–Kier alpha value is -1.31. The van der Waals surface area contributed by atoms with E-state index in [4.69, 9.17) is 4.74 Å².